The third-order valence-electron chi connectivity index (χ3n) is 2.40. The number of aromatic nitrogens is 1. The van der Waals surface area contributed by atoms with Gasteiger partial charge in [0.25, 0.3) is 0 Å². The zero-order valence-corrected chi connectivity index (χ0v) is 11.4. The number of nitrogens with zero attached hydrogens (tertiary/aromatic N) is 1. The normalized spacial score (nSPS) is 14.1. The van der Waals surface area contributed by atoms with E-state index in [9.17, 15) is 0 Å². The first-order valence-electron chi connectivity index (χ1n) is 5.70. The van der Waals surface area contributed by atoms with E-state index in [4.69, 9.17) is 5.11 Å². The van der Waals surface area contributed by atoms with Gasteiger partial charge in [-0.3, -0.25) is 0 Å². The van der Waals surface area contributed by atoms with Crippen molar-refractivity contribution in [3.8, 4) is 0 Å². The van der Waals surface area contributed by atoms with Crippen LogP contribution in [0.1, 0.15) is 38.4 Å². The van der Waals surface area contributed by atoms with Crippen LogP contribution < -0.4 is 5.32 Å². The standard InChI is InChI=1S/C12H22N2OS/c1-9(7-15)5-13-6-11-14-10(8-16-11)12(2,3)4/h8-9,13,15H,5-7H2,1-4H3. The van der Waals surface area contributed by atoms with Gasteiger partial charge >= 0.3 is 0 Å². The van der Waals surface area contributed by atoms with Crippen LogP contribution in [0.15, 0.2) is 5.38 Å². The van der Waals surface area contributed by atoms with Crippen LogP contribution in [0.3, 0.4) is 0 Å². The zero-order chi connectivity index (χ0) is 12.2. The van der Waals surface area contributed by atoms with E-state index in [-0.39, 0.29) is 12.0 Å². The summed E-state index contributed by atoms with van der Waals surface area (Å²) in [5.41, 5.74) is 1.29. The topological polar surface area (TPSA) is 45.1 Å². The van der Waals surface area contributed by atoms with Crippen molar-refractivity contribution in [3.63, 3.8) is 0 Å². The maximum atomic E-state index is 8.89. The Labute approximate surface area is 102 Å². The molecule has 1 aromatic heterocycles. The van der Waals surface area contributed by atoms with E-state index in [1.807, 2.05) is 6.92 Å². The van der Waals surface area contributed by atoms with Crippen LogP contribution in [0.4, 0.5) is 0 Å². The van der Waals surface area contributed by atoms with Crippen LogP contribution in [0.25, 0.3) is 0 Å². The lowest BCUT2D eigenvalue weighted by atomic mass is 9.93. The van der Waals surface area contributed by atoms with Gasteiger partial charge in [-0.1, -0.05) is 27.7 Å². The molecule has 0 bridgehead atoms. The molecule has 3 nitrogen and oxygen atoms in total. The van der Waals surface area contributed by atoms with Crippen LogP contribution in [0, 0.1) is 5.92 Å². The van der Waals surface area contributed by atoms with Crippen LogP contribution in [0.5, 0.6) is 0 Å². The highest BCUT2D eigenvalue weighted by atomic mass is 32.1. The monoisotopic (exact) mass is 242 g/mol. The number of aliphatic hydroxyl groups excluding tert-OH is 1. The summed E-state index contributed by atoms with van der Waals surface area (Å²) in [5, 5.41) is 15.4. The Balaban J connectivity index is 2.41. The van der Waals surface area contributed by atoms with Gasteiger partial charge in [0.2, 0.25) is 0 Å². The average molecular weight is 242 g/mol. The molecule has 0 aromatic carbocycles. The summed E-state index contributed by atoms with van der Waals surface area (Å²) in [4.78, 5) is 4.60. The maximum absolute atomic E-state index is 8.89. The minimum atomic E-state index is 0.132. The molecule has 1 rings (SSSR count). The number of thiazole rings is 1. The Bertz CT molecular complexity index is 317. The Kier molecular flexibility index (Phi) is 4.89. The Hall–Kier alpha value is -0.450. The molecule has 1 heterocycles. The number of rotatable bonds is 5. The van der Waals surface area contributed by atoms with Crippen molar-refractivity contribution in [3.05, 3.63) is 16.1 Å². The van der Waals surface area contributed by atoms with Crippen LogP contribution >= 0.6 is 11.3 Å². The van der Waals surface area contributed by atoms with Crippen molar-refractivity contribution in [1.29, 1.82) is 0 Å². The molecule has 0 aliphatic carbocycles. The van der Waals surface area contributed by atoms with Gasteiger partial charge in [0.05, 0.1) is 5.69 Å². The van der Waals surface area contributed by atoms with Crippen molar-refractivity contribution in [2.45, 2.75) is 39.7 Å². The SMILES string of the molecule is CC(CO)CNCc1nc(C(C)(C)C)cs1. The summed E-state index contributed by atoms with van der Waals surface area (Å²) in [7, 11) is 0. The van der Waals surface area contributed by atoms with Gasteiger partial charge in [0, 0.05) is 30.5 Å². The molecule has 1 atom stereocenters. The lowest BCUT2D eigenvalue weighted by Gasteiger charge is -2.14. The number of hydrogen-bond donors (Lipinski definition) is 2. The van der Waals surface area contributed by atoms with E-state index in [2.05, 4.69) is 36.5 Å². The van der Waals surface area contributed by atoms with E-state index < -0.39 is 0 Å². The number of aliphatic hydroxyl groups is 1. The van der Waals surface area contributed by atoms with Crippen molar-refractivity contribution in [2.24, 2.45) is 5.92 Å². The van der Waals surface area contributed by atoms with Crippen LogP contribution in [0.2, 0.25) is 0 Å². The molecule has 0 radical (unpaired) electrons. The largest absolute Gasteiger partial charge is 0.396 e. The lowest BCUT2D eigenvalue weighted by Crippen LogP contribution is -2.22. The van der Waals surface area contributed by atoms with Gasteiger partial charge in [-0.2, -0.15) is 0 Å². The van der Waals surface area contributed by atoms with Gasteiger partial charge in [0.1, 0.15) is 5.01 Å². The van der Waals surface area contributed by atoms with Crippen molar-refractivity contribution >= 4 is 11.3 Å². The Morgan fingerprint density at radius 3 is 2.69 bits per heavy atom. The molecule has 92 valence electrons. The molecule has 0 amide bonds. The quantitative estimate of drug-likeness (QED) is 0.831. The fraction of sp³-hybridized carbons (Fsp3) is 0.750. The van der Waals surface area contributed by atoms with E-state index in [0.29, 0.717) is 5.92 Å². The highest BCUT2D eigenvalue weighted by Crippen LogP contribution is 2.23. The molecule has 0 fully saturated rings. The van der Waals surface area contributed by atoms with Gasteiger partial charge in [0.15, 0.2) is 0 Å². The van der Waals surface area contributed by atoms with Crippen LogP contribution in [-0.4, -0.2) is 23.2 Å². The van der Waals surface area contributed by atoms with E-state index in [1.165, 1.54) is 0 Å². The second-order valence-electron chi connectivity index (χ2n) is 5.30. The Morgan fingerprint density at radius 1 is 1.50 bits per heavy atom. The molecule has 4 heteroatoms. The van der Waals surface area contributed by atoms with E-state index in [1.54, 1.807) is 11.3 Å². The summed E-state index contributed by atoms with van der Waals surface area (Å²) in [6, 6.07) is 0. The van der Waals surface area contributed by atoms with Crippen molar-refractivity contribution in [1.82, 2.24) is 10.3 Å². The van der Waals surface area contributed by atoms with Gasteiger partial charge in [-0.05, 0) is 5.92 Å². The maximum Gasteiger partial charge on any atom is 0.107 e. The molecule has 0 spiro atoms. The molecule has 0 aliphatic rings. The molecule has 0 saturated carbocycles. The van der Waals surface area contributed by atoms with Crippen LogP contribution in [-0.2, 0) is 12.0 Å². The number of nitrogens with one attached hydrogen (secondary N) is 1. The first-order chi connectivity index (χ1) is 7.43. The third-order valence-corrected chi connectivity index (χ3v) is 3.25. The van der Waals surface area contributed by atoms with Crippen molar-refractivity contribution < 1.29 is 5.11 Å². The molecule has 1 unspecified atom stereocenters. The molecular weight excluding hydrogens is 220 g/mol. The average Bonchev–Trinajstić information content (AvgIpc) is 2.65. The molecular formula is C12H22N2OS. The zero-order valence-electron chi connectivity index (χ0n) is 10.6. The van der Waals surface area contributed by atoms with Gasteiger partial charge in [-0.25, -0.2) is 4.98 Å². The third kappa shape index (κ3) is 4.20. The summed E-state index contributed by atoms with van der Waals surface area (Å²) in [6.07, 6.45) is 0. The summed E-state index contributed by atoms with van der Waals surface area (Å²) in [5.74, 6) is 0.307. The first-order valence-corrected chi connectivity index (χ1v) is 6.58. The van der Waals surface area contributed by atoms with Gasteiger partial charge < -0.3 is 10.4 Å². The van der Waals surface area contributed by atoms with Crippen molar-refractivity contribution in [2.75, 3.05) is 13.2 Å². The Morgan fingerprint density at radius 2 is 2.19 bits per heavy atom. The first kappa shape index (κ1) is 13.6. The smallest absolute Gasteiger partial charge is 0.107 e. The highest BCUT2D eigenvalue weighted by molar-refractivity contribution is 7.09. The molecule has 0 saturated heterocycles. The molecule has 2 N–H and O–H groups in total. The van der Waals surface area contributed by atoms with E-state index >= 15 is 0 Å². The second kappa shape index (κ2) is 5.75. The fourth-order valence-corrected chi connectivity index (χ4v) is 2.22. The summed E-state index contributed by atoms with van der Waals surface area (Å²) in [6.45, 7) is 10.4. The lowest BCUT2D eigenvalue weighted by molar-refractivity contribution is 0.233. The minimum Gasteiger partial charge on any atom is -0.396 e. The second-order valence-corrected chi connectivity index (χ2v) is 6.24. The highest BCUT2D eigenvalue weighted by Gasteiger charge is 2.17. The predicted octanol–water partition coefficient (Wildman–Crippen LogP) is 2.16. The molecule has 1 aromatic rings. The van der Waals surface area contributed by atoms with Gasteiger partial charge in [-0.15, -0.1) is 11.3 Å². The summed E-state index contributed by atoms with van der Waals surface area (Å²) >= 11 is 1.70. The minimum absolute atomic E-state index is 0.132. The fourth-order valence-electron chi connectivity index (χ4n) is 1.23. The predicted molar refractivity (Wildman–Crippen MR) is 68.8 cm³/mol. The molecule has 0 aliphatic heterocycles. The number of hydrogen-bond acceptors (Lipinski definition) is 4. The summed E-state index contributed by atoms with van der Waals surface area (Å²) < 4.78 is 0. The molecule has 16 heavy (non-hydrogen) atoms. The van der Waals surface area contributed by atoms with E-state index in [0.717, 1.165) is 23.8 Å².